The van der Waals surface area contributed by atoms with Crippen molar-refractivity contribution in [2.24, 2.45) is 0 Å². The molecule has 1 aliphatic heterocycles. The zero-order valence-corrected chi connectivity index (χ0v) is 20.6. The highest BCUT2D eigenvalue weighted by atomic mass is 79.9. The number of amides is 1. The first-order valence-corrected chi connectivity index (χ1v) is 12.2. The second-order valence-electron chi connectivity index (χ2n) is 7.35. The fourth-order valence-corrected chi connectivity index (χ4v) is 5.56. The first-order chi connectivity index (χ1) is 15.5. The van der Waals surface area contributed by atoms with Crippen LogP contribution in [0, 0.1) is 0 Å². The van der Waals surface area contributed by atoms with Crippen LogP contribution in [0.25, 0.3) is 17.0 Å². The van der Waals surface area contributed by atoms with E-state index < -0.39 is 0 Å². The molecule has 0 spiro atoms. The van der Waals surface area contributed by atoms with Crippen LogP contribution in [0.5, 0.6) is 0 Å². The Bertz CT molecular complexity index is 1390. The summed E-state index contributed by atoms with van der Waals surface area (Å²) in [4.78, 5) is 15.4. The van der Waals surface area contributed by atoms with E-state index in [1.54, 1.807) is 4.90 Å². The lowest BCUT2D eigenvalue weighted by atomic mass is 10.1. The topological polar surface area (TPSA) is 25.2 Å². The van der Waals surface area contributed by atoms with Gasteiger partial charge >= 0.3 is 0 Å². The van der Waals surface area contributed by atoms with Gasteiger partial charge in [-0.05, 0) is 48.0 Å². The molecule has 7 heteroatoms. The number of hydrogen-bond donors (Lipinski definition) is 0. The normalized spacial score (nSPS) is 15.3. The number of carbonyl (C=O) groups is 1. The van der Waals surface area contributed by atoms with E-state index in [0.717, 1.165) is 37.2 Å². The third kappa shape index (κ3) is 4.16. The van der Waals surface area contributed by atoms with Crippen LogP contribution < -0.4 is 4.90 Å². The van der Waals surface area contributed by atoms with Gasteiger partial charge in [-0.3, -0.25) is 9.69 Å². The largest absolute Gasteiger partial charge is 0.342 e. The van der Waals surface area contributed by atoms with E-state index in [0.29, 0.717) is 15.8 Å². The van der Waals surface area contributed by atoms with Gasteiger partial charge in [0.1, 0.15) is 0 Å². The van der Waals surface area contributed by atoms with Crippen molar-refractivity contribution in [1.29, 1.82) is 0 Å². The number of halogens is 2. The van der Waals surface area contributed by atoms with E-state index in [2.05, 4.69) is 38.8 Å². The van der Waals surface area contributed by atoms with Crippen LogP contribution in [0.2, 0.25) is 5.02 Å². The molecular weight excluding hydrogens is 524 g/mol. The minimum Gasteiger partial charge on any atom is -0.342 e. The predicted octanol–water partition coefficient (Wildman–Crippen LogP) is 7.51. The van der Waals surface area contributed by atoms with Crippen LogP contribution in [-0.4, -0.2) is 14.8 Å². The van der Waals surface area contributed by atoms with Crippen molar-refractivity contribution >= 4 is 84.4 Å². The number of anilines is 1. The molecule has 0 saturated carbocycles. The monoisotopic (exact) mass is 538 g/mol. The Balaban J connectivity index is 1.52. The lowest BCUT2D eigenvalue weighted by Gasteiger charge is -2.14. The van der Waals surface area contributed by atoms with Crippen LogP contribution in [0.4, 0.5) is 5.69 Å². The molecular formula is C25H16BrClN2OS2. The lowest BCUT2D eigenvalue weighted by Crippen LogP contribution is -2.27. The molecule has 2 heterocycles. The summed E-state index contributed by atoms with van der Waals surface area (Å²) in [5.41, 5.74) is 4.01. The van der Waals surface area contributed by atoms with Gasteiger partial charge < -0.3 is 4.57 Å². The molecule has 0 atom stereocenters. The minimum absolute atomic E-state index is 0.104. The maximum absolute atomic E-state index is 13.2. The molecule has 1 saturated heterocycles. The third-order valence-corrected chi connectivity index (χ3v) is 7.28. The van der Waals surface area contributed by atoms with Crippen molar-refractivity contribution in [3.05, 3.63) is 105 Å². The van der Waals surface area contributed by atoms with Crippen molar-refractivity contribution in [2.45, 2.75) is 6.54 Å². The summed E-state index contributed by atoms with van der Waals surface area (Å²) in [6, 6.07) is 23.7. The molecule has 4 aromatic rings. The summed E-state index contributed by atoms with van der Waals surface area (Å²) in [7, 11) is 0. The highest BCUT2D eigenvalue weighted by Gasteiger charge is 2.33. The number of thioether (sulfide) groups is 1. The highest BCUT2D eigenvalue weighted by molar-refractivity contribution is 9.10. The van der Waals surface area contributed by atoms with Gasteiger partial charge in [-0.1, -0.05) is 87.9 Å². The summed E-state index contributed by atoms with van der Waals surface area (Å²) in [6.45, 7) is 0.713. The fourth-order valence-electron chi connectivity index (χ4n) is 3.75. The number of rotatable bonds is 4. The summed E-state index contributed by atoms with van der Waals surface area (Å²) in [5, 5.41) is 1.81. The SMILES string of the molecule is O=C1/C(=C/c2cn(Cc3ccc(Cl)cc3)c3ccccc23)SC(=S)N1c1cccc(Br)c1. The smallest absolute Gasteiger partial charge is 0.270 e. The zero-order valence-electron chi connectivity index (χ0n) is 16.7. The zero-order chi connectivity index (χ0) is 22.2. The lowest BCUT2D eigenvalue weighted by molar-refractivity contribution is -0.113. The van der Waals surface area contributed by atoms with E-state index in [1.807, 2.05) is 66.7 Å². The Hall–Kier alpha value is -2.38. The fraction of sp³-hybridized carbons (Fsp3) is 0.0400. The van der Waals surface area contributed by atoms with Gasteiger partial charge in [0.05, 0.1) is 10.6 Å². The summed E-state index contributed by atoms with van der Waals surface area (Å²) < 4.78 is 3.63. The molecule has 0 radical (unpaired) electrons. The van der Waals surface area contributed by atoms with Gasteiger partial charge in [0.15, 0.2) is 4.32 Å². The Morgan fingerprint density at radius 2 is 1.81 bits per heavy atom. The van der Waals surface area contributed by atoms with Crippen molar-refractivity contribution in [2.75, 3.05) is 4.90 Å². The van der Waals surface area contributed by atoms with E-state index in [-0.39, 0.29) is 5.91 Å². The maximum atomic E-state index is 13.2. The van der Waals surface area contributed by atoms with Crippen LogP contribution in [0.1, 0.15) is 11.1 Å². The maximum Gasteiger partial charge on any atom is 0.270 e. The minimum atomic E-state index is -0.104. The molecule has 158 valence electrons. The first-order valence-electron chi connectivity index (χ1n) is 9.85. The number of thiocarbonyl (C=S) groups is 1. The van der Waals surface area contributed by atoms with Crippen molar-refractivity contribution in [1.82, 2.24) is 4.57 Å². The standard InChI is InChI=1S/C25H16BrClN2OS2/c26-18-4-3-5-20(13-18)29-24(30)23(32-25(29)31)12-17-15-28(22-7-2-1-6-21(17)22)14-16-8-10-19(27)11-9-16/h1-13,15H,14H2/b23-12-. The molecule has 0 unspecified atom stereocenters. The van der Waals surface area contributed by atoms with Crippen LogP contribution in [0.3, 0.4) is 0 Å². The number of aromatic nitrogens is 1. The number of nitrogens with zero attached hydrogens (tertiary/aromatic N) is 2. The molecule has 1 aromatic heterocycles. The van der Waals surface area contributed by atoms with Crippen molar-refractivity contribution in [3.63, 3.8) is 0 Å². The van der Waals surface area contributed by atoms with Crippen LogP contribution >= 0.6 is 51.5 Å². The predicted molar refractivity (Wildman–Crippen MR) is 142 cm³/mol. The molecule has 3 aromatic carbocycles. The summed E-state index contributed by atoms with van der Waals surface area (Å²) in [6.07, 6.45) is 4.03. The van der Waals surface area contributed by atoms with Crippen molar-refractivity contribution in [3.8, 4) is 0 Å². The number of benzene rings is 3. The van der Waals surface area contributed by atoms with E-state index in [1.165, 1.54) is 11.8 Å². The van der Waals surface area contributed by atoms with Gasteiger partial charge in [0.2, 0.25) is 0 Å². The molecule has 0 bridgehead atoms. The average Bonchev–Trinajstić information content (AvgIpc) is 3.26. The average molecular weight is 540 g/mol. The quantitative estimate of drug-likeness (QED) is 0.198. The van der Waals surface area contributed by atoms with Gasteiger partial charge in [-0.25, -0.2) is 0 Å². The molecule has 32 heavy (non-hydrogen) atoms. The third-order valence-electron chi connectivity index (χ3n) is 5.23. The first kappa shape index (κ1) is 21.5. The van der Waals surface area contributed by atoms with Crippen LogP contribution in [0.15, 0.2) is 88.4 Å². The summed E-state index contributed by atoms with van der Waals surface area (Å²) in [5.74, 6) is -0.104. The number of carbonyl (C=O) groups excluding carboxylic acids is 1. The van der Waals surface area contributed by atoms with Gasteiger partial charge in [-0.15, -0.1) is 0 Å². The van der Waals surface area contributed by atoms with E-state index in [4.69, 9.17) is 23.8 Å². The molecule has 1 aliphatic rings. The van der Waals surface area contributed by atoms with Crippen LogP contribution in [-0.2, 0) is 11.3 Å². The molecule has 5 rings (SSSR count). The number of para-hydroxylation sites is 1. The second kappa shape index (κ2) is 8.87. The number of fused-ring (bicyclic) bond motifs is 1. The molecule has 0 N–H and O–H groups in total. The van der Waals surface area contributed by atoms with Gasteiger partial charge in [-0.2, -0.15) is 0 Å². The summed E-state index contributed by atoms with van der Waals surface area (Å²) >= 11 is 16.4. The van der Waals surface area contributed by atoms with E-state index in [9.17, 15) is 4.79 Å². The number of hydrogen-bond acceptors (Lipinski definition) is 3. The highest BCUT2D eigenvalue weighted by Crippen LogP contribution is 2.37. The molecule has 0 aliphatic carbocycles. The van der Waals surface area contributed by atoms with Gasteiger partial charge in [0, 0.05) is 38.7 Å². The molecule has 1 fully saturated rings. The Morgan fingerprint density at radius 1 is 1.03 bits per heavy atom. The molecule has 1 amide bonds. The van der Waals surface area contributed by atoms with Crippen molar-refractivity contribution < 1.29 is 4.79 Å². The Morgan fingerprint density at radius 3 is 2.59 bits per heavy atom. The Labute approximate surface area is 208 Å². The second-order valence-corrected chi connectivity index (χ2v) is 10.4. The molecule has 3 nitrogen and oxygen atoms in total. The van der Waals surface area contributed by atoms with Gasteiger partial charge in [0.25, 0.3) is 5.91 Å². The Kier molecular flexibility index (Phi) is 5.95. The van der Waals surface area contributed by atoms with E-state index >= 15 is 0 Å².